The van der Waals surface area contributed by atoms with Gasteiger partial charge in [-0.05, 0) is 60.3 Å². The summed E-state index contributed by atoms with van der Waals surface area (Å²) in [6.07, 6.45) is 2.25. The highest BCUT2D eigenvalue weighted by molar-refractivity contribution is 6.30. The molecule has 1 aromatic heterocycles. The maximum Gasteiger partial charge on any atom is 0.259 e. The van der Waals surface area contributed by atoms with Crippen LogP contribution in [0.2, 0.25) is 5.02 Å². The van der Waals surface area contributed by atoms with Gasteiger partial charge in [-0.1, -0.05) is 64.4 Å². The Morgan fingerprint density at radius 1 is 1.03 bits per heavy atom. The molecule has 3 aromatic rings. The molecule has 0 saturated carbocycles. The fourth-order valence-electron chi connectivity index (χ4n) is 4.41. The van der Waals surface area contributed by atoms with E-state index in [-0.39, 0.29) is 22.8 Å². The van der Waals surface area contributed by atoms with Crippen molar-refractivity contribution in [3.05, 3.63) is 82.5 Å². The van der Waals surface area contributed by atoms with Crippen LogP contribution >= 0.6 is 11.6 Å². The van der Waals surface area contributed by atoms with Crippen LogP contribution in [0.25, 0.3) is 0 Å². The first kappa shape index (κ1) is 27.6. The second-order valence-corrected chi connectivity index (χ2v) is 11.8. The molecule has 2 amide bonds. The summed E-state index contributed by atoms with van der Waals surface area (Å²) in [5.41, 5.74) is 1.98. The van der Waals surface area contributed by atoms with Gasteiger partial charge in [0.25, 0.3) is 11.8 Å². The van der Waals surface area contributed by atoms with E-state index in [1.54, 1.807) is 42.5 Å². The Kier molecular flexibility index (Phi) is 8.09. The first-order valence-corrected chi connectivity index (χ1v) is 13.2. The fourth-order valence-corrected chi connectivity index (χ4v) is 4.52. The predicted octanol–water partition coefficient (Wildman–Crippen LogP) is 6.30. The van der Waals surface area contributed by atoms with E-state index in [1.807, 2.05) is 12.1 Å². The van der Waals surface area contributed by atoms with Gasteiger partial charge in [0.2, 0.25) is 0 Å². The summed E-state index contributed by atoms with van der Waals surface area (Å²) in [6.45, 7) is 12.4. The molecule has 1 atom stereocenters. The Morgan fingerprint density at radius 3 is 2.45 bits per heavy atom. The summed E-state index contributed by atoms with van der Waals surface area (Å²) < 4.78 is 6.56. The quantitative estimate of drug-likeness (QED) is 0.345. The minimum atomic E-state index is -0.397. The number of rotatable bonds is 6. The minimum Gasteiger partial charge on any atom is -0.489 e. The minimum absolute atomic E-state index is 0.0459. The summed E-state index contributed by atoms with van der Waals surface area (Å²) >= 11 is 5.89. The molecule has 0 radical (unpaired) electrons. The predicted molar refractivity (Wildman–Crippen MR) is 152 cm³/mol. The molecule has 1 aliphatic heterocycles. The number of nitrogens with one attached hydrogen (secondary N) is 3. The lowest BCUT2D eigenvalue weighted by molar-refractivity contribution is 0.0441. The van der Waals surface area contributed by atoms with E-state index in [4.69, 9.17) is 16.3 Å². The van der Waals surface area contributed by atoms with Crippen LogP contribution in [0.15, 0.2) is 60.8 Å². The van der Waals surface area contributed by atoms with E-state index in [9.17, 15) is 9.59 Å². The second-order valence-electron chi connectivity index (χ2n) is 11.3. The van der Waals surface area contributed by atoms with E-state index in [0.717, 1.165) is 25.1 Å². The number of carbonyl (C=O) groups excluding carboxylic acids is 2. The Morgan fingerprint density at radius 2 is 1.76 bits per heavy atom. The summed E-state index contributed by atoms with van der Waals surface area (Å²) in [6, 6.07) is 15.9. The van der Waals surface area contributed by atoms with Crippen LogP contribution in [-0.2, 0) is 5.41 Å². The molecule has 200 valence electrons. The molecule has 4 rings (SSSR count). The number of nitrogens with zero attached hydrogens (tertiary/aromatic N) is 1. The summed E-state index contributed by atoms with van der Waals surface area (Å²) in [5, 5.41) is 9.57. The van der Waals surface area contributed by atoms with E-state index >= 15 is 0 Å². The molecule has 2 aromatic carbocycles. The summed E-state index contributed by atoms with van der Waals surface area (Å²) in [5.74, 6) is 0.157. The van der Waals surface area contributed by atoms with Gasteiger partial charge in [-0.2, -0.15) is 0 Å². The van der Waals surface area contributed by atoms with Crippen LogP contribution in [0.4, 0.5) is 11.5 Å². The number of para-hydroxylation sites is 1. The molecule has 0 aliphatic carbocycles. The summed E-state index contributed by atoms with van der Waals surface area (Å²) in [7, 11) is 0. The molecule has 38 heavy (non-hydrogen) atoms. The van der Waals surface area contributed by atoms with Gasteiger partial charge in [-0.25, -0.2) is 4.98 Å². The highest BCUT2D eigenvalue weighted by Gasteiger charge is 2.35. The highest BCUT2D eigenvalue weighted by atomic mass is 35.5. The average molecular weight is 535 g/mol. The van der Waals surface area contributed by atoms with Crippen LogP contribution in [-0.4, -0.2) is 36.0 Å². The van der Waals surface area contributed by atoms with Crippen LogP contribution in [0.3, 0.4) is 0 Å². The van der Waals surface area contributed by atoms with Crippen molar-refractivity contribution in [2.24, 2.45) is 5.41 Å². The van der Waals surface area contributed by atoms with Crippen molar-refractivity contribution in [1.82, 2.24) is 10.3 Å². The second kappa shape index (κ2) is 11.1. The third-order valence-electron chi connectivity index (χ3n) is 6.79. The van der Waals surface area contributed by atoms with Crippen molar-refractivity contribution in [2.75, 3.05) is 23.7 Å². The van der Waals surface area contributed by atoms with Crippen LogP contribution < -0.4 is 20.7 Å². The third kappa shape index (κ3) is 6.52. The molecule has 8 heteroatoms. The number of anilines is 2. The molecule has 7 nitrogen and oxygen atoms in total. The largest absolute Gasteiger partial charge is 0.489 e. The van der Waals surface area contributed by atoms with Crippen LogP contribution in [0.5, 0.6) is 5.75 Å². The van der Waals surface area contributed by atoms with Crippen molar-refractivity contribution >= 4 is 34.9 Å². The van der Waals surface area contributed by atoms with Gasteiger partial charge in [0.1, 0.15) is 17.7 Å². The van der Waals surface area contributed by atoms with Gasteiger partial charge >= 0.3 is 0 Å². The Bertz CT molecular complexity index is 1320. The van der Waals surface area contributed by atoms with Gasteiger partial charge in [0.15, 0.2) is 0 Å². The molecule has 1 fully saturated rings. The number of hydrogen-bond acceptors (Lipinski definition) is 5. The van der Waals surface area contributed by atoms with Crippen molar-refractivity contribution < 1.29 is 14.3 Å². The SMILES string of the molecule is CC(C)(C)c1ccc(C(=O)Nc2ccccc2C(=O)Nc2ccc(Cl)cn2)c(O[C@@H]2CCNCC2(C)C)c1. The fraction of sp³-hybridized carbons (Fsp3) is 0.367. The lowest BCUT2D eigenvalue weighted by Crippen LogP contribution is -2.49. The number of hydrogen-bond donors (Lipinski definition) is 3. The summed E-state index contributed by atoms with van der Waals surface area (Å²) in [4.78, 5) is 30.8. The van der Waals surface area contributed by atoms with Crippen LogP contribution in [0.1, 0.15) is 67.3 Å². The van der Waals surface area contributed by atoms with E-state index in [0.29, 0.717) is 33.4 Å². The molecule has 1 saturated heterocycles. The number of aromatic nitrogens is 1. The molecule has 1 aliphatic rings. The van der Waals surface area contributed by atoms with Gasteiger partial charge in [-0.3, -0.25) is 9.59 Å². The number of carbonyl (C=O) groups is 2. The normalized spacial score (nSPS) is 16.9. The Hall–Kier alpha value is -3.42. The van der Waals surface area contributed by atoms with Gasteiger partial charge in [0.05, 0.1) is 21.8 Å². The van der Waals surface area contributed by atoms with Gasteiger partial charge in [0, 0.05) is 18.2 Å². The van der Waals surface area contributed by atoms with Crippen molar-refractivity contribution in [2.45, 2.75) is 52.6 Å². The zero-order valence-corrected chi connectivity index (χ0v) is 23.3. The lowest BCUT2D eigenvalue weighted by atomic mass is 9.82. The van der Waals surface area contributed by atoms with E-state index < -0.39 is 5.91 Å². The highest BCUT2D eigenvalue weighted by Crippen LogP contribution is 2.34. The molecular weight excluding hydrogens is 500 g/mol. The maximum absolute atomic E-state index is 13.6. The third-order valence-corrected chi connectivity index (χ3v) is 7.01. The van der Waals surface area contributed by atoms with Gasteiger partial charge in [-0.15, -0.1) is 0 Å². The monoisotopic (exact) mass is 534 g/mol. The smallest absolute Gasteiger partial charge is 0.259 e. The number of amides is 2. The Labute approximate surface area is 229 Å². The first-order chi connectivity index (χ1) is 17.9. The zero-order chi connectivity index (χ0) is 27.5. The van der Waals surface area contributed by atoms with Crippen LogP contribution in [0, 0.1) is 5.41 Å². The number of benzene rings is 2. The van der Waals surface area contributed by atoms with Crippen molar-refractivity contribution in [3.63, 3.8) is 0 Å². The molecule has 0 unspecified atom stereocenters. The maximum atomic E-state index is 13.6. The molecule has 0 spiro atoms. The zero-order valence-electron chi connectivity index (χ0n) is 22.5. The van der Waals surface area contributed by atoms with Crippen molar-refractivity contribution in [1.29, 1.82) is 0 Å². The lowest BCUT2D eigenvalue weighted by Gasteiger charge is -2.39. The number of ether oxygens (including phenoxy) is 1. The first-order valence-electron chi connectivity index (χ1n) is 12.8. The van der Waals surface area contributed by atoms with Gasteiger partial charge < -0.3 is 20.7 Å². The number of halogens is 1. The molecular formula is C30H35ClN4O3. The standard InChI is InChI=1S/C30H35ClN4O3/c1-29(2,3)19-10-12-22(24(16-19)38-25-14-15-32-18-30(25,4)5)28(37)34-23-9-7-6-8-21(23)27(36)35-26-13-11-20(31)17-33-26/h6-13,16-17,25,32H,14-15,18H2,1-5H3,(H,34,37)(H,33,35,36)/t25-/m1/s1. The number of pyridine rings is 1. The van der Waals surface area contributed by atoms with Crippen molar-refractivity contribution in [3.8, 4) is 5.75 Å². The topological polar surface area (TPSA) is 92.4 Å². The number of piperidine rings is 1. The molecule has 3 N–H and O–H groups in total. The average Bonchev–Trinajstić information content (AvgIpc) is 2.86. The van der Waals surface area contributed by atoms with E-state index in [2.05, 4.69) is 55.6 Å². The van der Waals surface area contributed by atoms with E-state index in [1.165, 1.54) is 6.20 Å². The molecule has 0 bridgehead atoms. The molecule has 2 heterocycles. The Balaban J connectivity index is 1.62.